The van der Waals surface area contributed by atoms with Gasteiger partial charge in [0, 0.05) is 23.7 Å². The highest BCUT2D eigenvalue weighted by Gasteiger charge is 2.29. The van der Waals surface area contributed by atoms with Crippen LogP contribution >= 0.6 is 0 Å². The number of aryl methyl sites for hydroxylation is 1. The molecule has 0 aliphatic carbocycles. The van der Waals surface area contributed by atoms with Gasteiger partial charge in [-0.3, -0.25) is 4.79 Å². The molecule has 0 saturated heterocycles. The topological polar surface area (TPSA) is 140 Å². The Hall–Kier alpha value is -3.53. The molecule has 4 N–H and O–H groups in total. The van der Waals surface area contributed by atoms with Gasteiger partial charge in [-0.1, -0.05) is 48.5 Å². The first-order valence-corrected chi connectivity index (χ1v) is 10.3. The van der Waals surface area contributed by atoms with Crippen molar-refractivity contribution < 1.29 is 30.0 Å². The minimum absolute atomic E-state index is 0.0963. The van der Waals surface area contributed by atoms with Gasteiger partial charge in [0.2, 0.25) is 0 Å². The lowest BCUT2D eigenvalue weighted by atomic mass is 10.0. The minimum atomic E-state index is -2.27. The molecule has 3 rings (SSSR count). The van der Waals surface area contributed by atoms with E-state index in [-0.39, 0.29) is 5.56 Å². The average molecular weight is 456 g/mol. The number of pyridine rings is 1. The van der Waals surface area contributed by atoms with Crippen molar-refractivity contribution in [1.82, 2.24) is 9.47 Å². The van der Waals surface area contributed by atoms with Crippen LogP contribution in [0.3, 0.4) is 0 Å². The summed E-state index contributed by atoms with van der Waals surface area (Å²) in [5.74, 6) is -3.54. The molecule has 0 aliphatic rings. The summed E-state index contributed by atoms with van der Waals surface area (Å²) in [5, 5.41) is 34.3. The minimum Gasteiger partial charge on any atom is -0.479 e. The van der Waals surface area contributed by atoms with Crippen LogP contribution in [0.2, 0.25) is 0 Å². The van der Waals surface area contributed by atoms with Gasteiger partial charge in [0.05, 0.1) is 0 Å². The number of carboxylic acid groups (broad SMARTS) is 2. The van der Waals surface area contributed by atoms with Crippen molar-refractivity contribution in [3.63, 3.8) is 0 Å². The van der Waals surface area contributed by atoms with Gasteiger partial charge in [0.25, 0.3) is 5.56 Å². The van der Waals surface area contributed by atoms with Crippen LogP contribution in [0.15, 0.2) is 65.6 Å². The molecule has 9 nitrogen and oxygen atoms in total. The lowest BCUT2D eigenvalue weighted by Crippen LogP contribution is -2.39. The third kappa shape index (κ3) is 6.98. The number of fused-ring (bicyclic) bond motifs is 1. The molecule has 0 saturated carbocycles. The van der Waals surface area contributed by atoms with Crippen molar-refractivity contribution in [3.05, 3.63) is 71.1 Å². The zero-order valence-corrected chi connectivity index (χ0v) is 18.5. The number of carboxylic acids is 2. The van der Waals surface area contributed by atoms with Gasteiger partial charge in [0.15, 0.2) is 12.2 Å². The van der Waals surface area contributed by atoms with Gasteiger partial charge in [-0.25, -0.2) is 9.59 Å². The number of hydrogen-bond donors (Lipinski definition) is 4. The van der Waals surface area contributed by atoms with Gasteiger partial charge in [-0.15, -0.1) is 0 Å². The standard InChI is InChI=1S/C20H22N2O.C4H6O6/c1-21(2)13-8-14-22-15-19(16-9-4-3-5-10-16)17-11-6-7-12-18(17)20(22)23;5-1(3(7)8)2(6)4(9)10/h3-7,9-12,15H,8,13-14H2,1-2H3;1-2,5-6H,(H,7,8)(H,9,10). The largest absolute Gasteiger partial charge is 0.479 e. The molecule has 3 aromatic rings. The van der Waals surface area contributed by atoms with Crippen LogP contribution < -0.4 is 5.56 Å². The van der Waals surface area contributed by atoms with E-state index in [1.807, 2.05) is 53.2 Å². The van der Waals surface area contributed by atoms with Crippen LogP contribution in [0, 0.1) is 0 Å². The Bertz CT molecular complexity index is 1120. The van der Waals surface area contributed by atoms with E-state index in [2.05, 4.69) is 31.1 Å². The van der Waals surface area contributed by atoms with Crippen molar-refractivity contribution in [2.45, 2.75) is 25.2 Å². The maximum Gasteiger partial charge on any atom is 0.335 e. The summed E-state index contributed by atoms with van der Waals surface area (Å²) >= 11 is 0. The number of aliphatic hydroxyl groups is 2. The fourth-order valence-electron chi connectivity index (χ4n) is 3.18. The molecule has 0 aliphatic heterocycles. The van der Waals surface area contributed by atoms with E-state index in [0.717, 1.165) is 41.4 Å². The van der Waals surface area contributed by atoms with Crippen LogP contribution in [0.25, 0.3) is 21.9 Å². The highest BCUT2D eigenvalue weighted by atomic mass is 16.4. The van der Waals surface area contributed by atoms with E-state index >= 15 is 0 Å². The SMILES string of the molecule is CN(C)CCCn1cc(-c2ccccc2)c2ccccc2c1=O.O=C(O)C(O)C(O)C(=O)O. The first-order valence-electron chi connectivity index (χ1n) is 10.3. The van der Waals surface area contributed by atoms with Crippen LogP contribution in [-0.2, 0) is 16.1 Å². The fourth-order valence-corrected chi connectivity index (χ4v) is 3.18. The quantitative estimate of drug-likeness (QED) is 0.400. The Morgan fingerprint density at radius 2 is 1.39 bits per heavy atom. The van der Waals surface area contributed by atoms with E-state index in [4.69, 9.17) is 20.4 Å². The Morgan fingerprint density at radius 1 is 0.879 bits per heavy atom. The van der Waals surface area contributed by atoms with Crippen molar-refractivity contribution in [1.29, 1.82) is 0 Å². The van der Waals surface area contributed by atoms with Gasteiger partial charge in [-0.05, 0) is 44.1 Å². The number of hydrogen-bond acceptors (Lipinski definition) is 6. The van der Waals surface area contributed by atoms with E-state index in [9.17, 15) is 14.4 Å². The number of benzene rings is 2. The first kappa shape index (κ1) is 25.7. The summed E-state index contributed by atoms with van der Waals surface area (Å²) in [6.07, 6.45) is -1.57. The zero-order chi connectivity index (χ0) is 24.5. The second kappa shape index (κ2) is 11.9. The number of nitrogens with zero attached hydrogens (tertiary/aromatic N) is 2. The van der Waals surface area contributed by atoms with Crippen LogP contribution in [0.1, 0.15) is 6.42 Å². The summed E-state index contributed by atoms with van der Waals surface area (Å²) in [5.41, 5.74) is 2.36. The molecule has 0 fully saturated rings. The predicted octanol–water partition coefficient (Wildman–Crippen LogP) is 1.50. The van der Waals surface area contributed by atoms with Crippen molar-refractivity contribution in [3.8, 4) is 11.1 Å². The molecule has 0 radical (unpaired) electrons. The zero-order valence-electron chi connectivity index (χ0n) is 18.5. The second-order valence-electron chi connectivity index (χ2n) is 7.68. The van der Waals surface area contributed by atoms with Crippen molar-refractivity contribution in [2.24, 2.45) is 0 Å². The number of aromatic nitrogens is 1. The highest BCUT2D eigenvalue weighted by Crippen LogP contribution is 2.26. The average Bonchev–Trinajstić information content (AvgIpc) is 2.80. The molecule has 9 heteroatoms. The van der Waals surface area contributed by atoms with Gasteiger partial charge >= 0.3 is 11.9 Å². The smallest absolute Gasteiger partial charge is 0.335 e. The van der Waals surface area contributed by atoms with Crippen LogP contribution in [0.4, 0.5) is 0 Å². The molecule has 1 aromatic heterocycles. The first-order chi connectivity index (χ1) is 15.6. The number of aliphatic hydroxyl groups excluding tert-OH is 2. The fraction of sp³-hybridized carbons (Fsp3) is 0.292. The summed E-state index contributed by atoms with van der Waals surface area (Å²) in [6, 6.07) is 18.1. The molecule has 2 unspecified atom stereocenters. The summed E-state index contributed by atoms with van der Waals surface area (Å²) in [6.45, 7) is 1.71. The van der Waals surface area contributed by atoms with Gasteiger partial charge < -0.3 is 29.9 Å². The maximum absolute atomic E-state index is 12.7. The molecule has 2 aromatic carbocycles. The van der Waals surface area contributed by atoms with Gasteiger partial charge in [-0.2, -0.15) is 0 Å². The summed E-state index contributed by atoms with van der Waals surface area (Å²) in [7, 11) is 4.11. The third-order valence-corrected chi connectivity index (χ3v) is 4.89. The Labute approximate surface area is 190 Å². The predicted molar refractivity (Wildman–Crippen MR) is 124 cm³/mol. The monoisotopic (exact) mass is 456 g/mol. The highest BCUT2D eigenvalue weighted by molar-refractivity contribution is 5.95. The van der Waals surface area contributed by atoms with Crippen LogP contribution in [0.5, 0.6) is 0 Å². The Kier molecular flexibility index (Phi) is 9.29. The number of carbonyl (C=O) groups is 2. The normalized spacial score (nSPS) is 12.6. The van der Waals surface area contributed by atoms with E-state index in [1.165, 1.54) is 0 Å². The van der Waals surface area contributed by atoms with Crippen LogP contribution in [-0.4, -0.2) is 74.7 Å². The van der Waals surface area contributed by atoms with Crippen molar-refractivity contribution in [2.75, 3.05) is 20.6 Å². The number of rotatable bonds is 8. The molecule has 0 amide bonds. The van der Waals surface area contributed by atoms with E-state index < -0.39 is 24.1 Å². The Morgan fingerprint density at radius 3 is 1.91 bits per heavy atom. The van der Waals surface area contributed by atoms with E-state index in [1.54, 1.807) is 0 Å². The molecule has 33 heavy (non-hydrogen) atoms. The third-order valence-electron chi connectivity index (χ3n) is 4.89. The second-order valence-corrected chi connectivity index (χ2v) is 7.68. The maximum atomic E-state index is 12.7. The lowest BCUT2D eigenvalue weighted by Gasteiger charge is -2.14. The van der Waals surface area contributed by atoms with Crippen molar-refractivity contribution >= 4 is 22.7 Å². The summed E-state index contributed by atoms with van der Waals surface area (Å²) in [4.78, 5) is 34.4. The molecular weight excluding hydrogens is 428 g/mol. The molecule has 2 atom stereocenters. The van der Waals surface area contributed by atoms with Gasteiger partial charge in [0.1, 0.15) is 0 Å². The number of aliphatic carboxylic acids is 2. The summed E-state index contributed by atoms with van der Waals surface area (Å²) < 4.78 is 1.86. The van der Waals surface area contributed by atoms with E-state index in [0.29, 0.717) is 0 Å². The molecule has 0 bridgehead atoms. The molecule has 0 spiro atoms. The lowest BCUT2D eigenvalue weighted by molar-refractivity contribution is -0.165. The molecule has 1 heterocycles. The molecule has 176 valence electrons. The Balaban J connectivity index is 0.000000328. The molecular formula is C24H28N2O7.